The Morgan fingerprint density at radius 1 is 1.55 bits per heavy atom. The van der Waals surface area contributed by atoms with E-state index in [2.05, 4.69) is 11.1 Å². The monoisotopic (exact) mass is 150 g/mol. The molecule has 0 spiro atoms. The molecule has 0 radical (unpaired) electrons. The Bertz CT molecular complexity index is 214. The Morgan fingerprint density at radius 3 is 2.73 bits per heavy atom. The average Bonchev–Trinajstić information content (AvgIpc) is 1.93. The van der Waals surface area contributed by atoms with Crippen LogP contribution < -0.4 is 5.73 Å². The summed E-state index contributed by atoms with van der Waals surface area (Å²) in [6, 6.07) is 4.31. The number of nitrogens with zero attached hydrogens (tertiary/aromatic N) is 1. The maximum Gasteiger partial charge on any atom is 0.0372 e. The predicted molar refractivity (Wildman–Crippen MR) is 46.3 cm³/mol. The lowest BCUT2D eigenvalue weighted by molar-refractivity contribution is 0.735. The van der Waals surface area contributed by atoms with E-state index in [1.54, 1.807) is 0 Å². The van der Waals surface area contributed by atoms with Crippen LogP contribution in [0.3, 0.4) is 0 Å². The van der Waals surface area contributed by atoms with E-state index in [1.165, 1.54) is 5.56 Å². The molecule has 1 aromatic heterocycles. The Labute approximate surface area is 67.5 Å². The van der Waals surface area contributed by atoms with Crippen LogP contribution in [0, 0.1) is 6.92 Å². The molecular formula is C9H14N2. The van der Waals surface area contributed by atoms with Crippen molar-refractivity contribution < 1.29 is 0 Å². The van der Waals surface area contributed by atoms with Crippen LogP contribution in [0.1, 0.15) is 18.2 Å². The first-order valence-corrected chi connectivity index (χ1v) is 3.85. The Balaban J connectivity index is 2.66. The summed E-state index contributed by atoms with van der Waals surface area (Å²) in [5.41, 5.74) is 7.90. The number of aryl methyl sites for hydroxylation is 1. The van der Waals surface area contributed by atoms with Gasteiger partial charge in [-0.25, -0.2) is 0 Å². The van der Waals surface area contributed by atoms with Crippen molar-refractivity contribution in [2.45, 2.75) is 26.3 Å². The summed E-state index contributed by atoms with van der Waals surface area (Å²) < 4.78 is 0. The molecule has 0 saturated heterocycles. The van der Waals surface area contributed by atoms with E-state index in [1.807, 2.05) is 26.1 Å². The molecule has 0 aliphatic heterocycles. The number of pyridine rings is 1. The molecule has 1 atom stereocenters. The predicted octanol–water partition coefficient (Wildman–Crippen LogP) is 1.28. The summed E-state index contributed by atoms with van der Waals surface area (Å²) in [6.45, 7) is 3.98. The molecule has 0 saturated carbocycles. The second-order valence-corrected chi connectivity index (χ2v) is 2.99. The molecule has 0 aliphatic carbocycles. The standard InChI is InChI=1S/C9H14N2/c1-7(10)5-9-4-3-8(2)11-6-9/h3-4,6-7H,5,10H2,1-2H3/t7-/m0/s1. The van der Waals surface area contributed by atoms with Gasteiger partial charge in [-0.15, -0.1) is 0 Å². The summed E-state index contributed by atoms with van der Waals surface area (Å²) in [7, 11) is 0. The first-order valence-electron chi connectivity index (χ1n) is 3.85. The van der Waals surface area contributed by atoms with Gasteiger partial charge in [-0.1, -0.05) is 6.07 Å². The van der Waals surface area contributed by atoms with Crippen LogP contribution in [0.2, 0.25) is 0 Å². The minimum atomic E-state index is 0.222. The smallest absolute Gasteiger partial charge is 0.0372 e. The molecule has 1 heterocycles. The highest BCUT2D eigenvalue weighted by atomic mass is 14.7. The molecule has 0 bridgehead atoms. The molecule has 0 aromatic carbocycles. The third-order valence-electron chi connectivity index (χ3n) is 1.53. The van der Waals surface area contributed by atoms with Crippen LogP contribution in [-0.2, 0) is 6.42 Å². The summed E-state index contributed by atoms with van der Waals surface area (Å²) in [6.07, 6.45) is 2.80. The van der Waals surface area contributed by atoms with Gasteiger partial charge >= 0.3 is 0 Å². The second kappa shape index (κ2) is 3.49. The summed E-state index contributed by atoms with van der Waals surface area (Å²) in [5.74, 6) is 0. The number of aromatic nitrogens is 1. The van der Waals surface area contributed by atoms with Gasteiger partial charge in [-0.05, 0) is 31.9 Å². The Hall–Kier alpha value is -0.890. The van der Waals surface area contributed by atoms with E-state index in [-0.39, 0.29) is 6.04 Å². The largest absolute Gasteiger partial charge is 0.328 e. The molecular weight excluding hydrogens is 136 g/mol. The third kappa shape index (κ3) is 2.68. The van der Waals surface area contributed by atoms with Crippen molar-refractivity contribution in [1.82, 2.24) is 4.98 Å². The zero-order chi connectivity index (χ0) is 8.27. The SMILES string of the molecule is Cc1ccc(C[C@H](C)N)cn1. The number of rotatable bonds is 2. The Morgan fingerprint density at radius 2 is 2.27 bits per heavy atom. The second-order valence-electron chi connectivity index (χ2n) is 2.99. The Kier molecular flexibility index (Phi) is 2.60. The molecule has 2 heteroatoms. The molecule has 0 unspecified atom stereocenters. The molecule has 0 aliphatic rings. The van der Waals surface area contributed by atoms with Crippen LogP contribution in [0.15, 0.2) is 18.3 Å². The van der Waals surface area contributed by atoms with Gasteiger partial charge in [0.1, 0.15) is 0 Å². The van der Waals surface area contributed by atoms with Crippen LogP contribution in [0.5, 0.6) is 0 Å². The van der Waals surface area contributed by atoms with E-state index >= 15 is 0 Å². The highest BCUT2D eigenvalue weighted by molar-refractivity contribution is 5.13. The minimum Gasteiger partial charge on any atom is -0.328 e. The van der Waals surface area contributed by atoms with E-state index < -0.39 is 0 Å². The molecule has 0 fully saturated rings. The lowest BCUT2D eigenvalue weighted by atomic mass is 10.1. The normalized spacial score (nSPS) is 13.0. The van der Waals surface area contributed by atoms with E-state index in [4.69, 9.17) is 5.73 Å². The summed E-state index contributed by atoms with van der Waals surface area (Å²) in [4.78, 5) is 4.18. The van der Waals surface area contributed by atoms with Crippen LogP contribution in [0.25, 0.3) is 0 Å². The van der Waals surface area contributed by atoms with Crippen LogP contribution in [0.4, 0.5) is 0 Å². The molecule has 11 heavy (non-hydrogen) atoms. The highest BCUT2D eigenvalue weighted by Gasteiger charge is 1.96. The number of nitrogens with two attached hydrogens (primary N) is 1. The van der Waals surface area contributed by atoms with E-state index in [9.17, 15) is 0 Å². The van der Waals surface area contributed by atoms with Crippen molar-refractivity contribution in [2.75, 3.05) is 0 Å². The van der Waals surface area contributed by atoms with E-state index in [0.717, 1.165) is 12.1 Å². The third-order valence-corrected chi connectivity index (χ3v) is 1.53. The lowest BCUT2D eigenvalue weighted by Gasteiger charge is -2.03. The van der Waals surface area contributed by atoms with Crippen LogP contribution >= 0.6 is 0 Å². The van der Waals surface area contributed by atoms with Crippen molar-refractivity contribution in [3.63, 3.8) is 0 Å². The van der Waals surface area contributed by atoms with Gasteiger partial charge in [-0.3, -0.25) is 4.98 Å². The summed E-state index contributed by atoms with van der Waals surface area (Å²) >= 11 is 0. The van der Waals surface area contributed by atoms with Crippen molar-refractivity contribution >= 4 is 0 Å². The first kappa shape index (κ1) is 8.21. The van der Waals surface area contributed by atoms with Crippen molar-refractivity contribution in [3.05, 3.63) is 29.6 Å². The summed E-state index contributed by atoms with van der Waals surface area (Å²) in [5, 5.41) is 0. The topological polar surface area (TPSA) is 38.9 Å². The van der Waals surface area contributed by atoms with Crippen molar-refractivity contribution in [3.8, 4) is 0 Å². The molecule has 60 valence electrons. The fourth-order valence-electron chi connectivity index (χ4n) is 0.991. The number of hydrogen-bond donors (Lipinski definition) is 1. The quantitative estimate of drug-likeness (QED) is 0.689. The highest BCUT2D eigenvalue weighted by Crippen LogP contribution is 2.01. The van der Waals surface area contributed by atoms with Crippen molar-refractivity contribution in [1.29, 1.82) is 0 Å². The molecule has 1 rings (SSSR count). The fourth-order valence-corrected chi connectivity index (χ4v) is 0.991. The van der Waals surface area contributed by atoms with Gasteiger partial charge in [0.15, 0.2) is 0 Å². The van der Waals surface area contributed by atoms with Gasteiger partial charge in [0, 0.05) is 17.9 Å². The lowest BCUT2D eigenvalue weighted by Crippen LogP contribution is -2.17. The number of hydrogen-bond acceptors (Lipinski definition) is 2. The maximum atomic E-state index is 5.63. The maximum absolute atomic E-state index is 5.63. The molecule has 2 nitrogen and oxygen atoms in total. The zero-order valence-corrected chi connectivity index (χ0v) is 7.04. The molecule has 1 aromatic rings. The van der Waals surface area contributed by atoms with Gasteiger partial charge in [0.05, 0.1) is 0 Å². The van der Waals surface area contributed by atoms with Crippen molar-refractivity contribution in [2.24, 2.45) is 5.73 Å². The van der Waals surface area contributed by atoms with Gasteiger partial charge in [0.2, 0.25) is 0 Å². The van der Waals surface area contributed by atoms with E-state index in [0.29, 0.717) is 0 Å². The zero-order valence-electron chi connectivity index (χ0n) is 7.04. The van der Waals surface area contributed by atoms with Gasteiger partial charge in [0.25, 0.3) is 0 Å². The molecule has 2 N–H and O–H groups in total. The molecule has 0 amide bonds. The first-order chi connectivity index (χ1) is 5.18. The fraction of sp³-hybridized carbons (Fsp3) is 0.444. The van der Waals surface area contributed by atoms with Gasteiger partial charge < -0.3 is 5.73 Å². The van der Waals surface area contributed by atoms with Gasteiger partial charge in [-0.2, -0.15) is 0 Å². The van der Waals surface area contributed by atoms with Crippen LogP contribution in [-0.4, -0.2) is 11.0 Å². The minimum absolute atomic E-state index is 0.222. The average molecular weight is 150 g/mol.